The van der Waals surface area contributed by atoms with Crippen LogP contribution in [0.5, 0.6) is 0 Å². The molecule has 0 fully saturated rings. The van der Waals surface area contributed by atoms with Crippen LogP contribution >= 0.6 is 11.6 Å². The van der Waals surface area contributed by atoms with Gasteiger partial charge in [-0.25, -0.2) is 17.9 Å². The van der Waals surface area contributed by atoms with Gasteiger partial charge >= 0.3 is 6.09 Å². The monoisotopic (exact) mass is 415 g/mol. The van der Waals surface area contributed by atoms with Crippen LogP contribution in [0.15, 0.2) is 83.8 Å². The van der Waals surface area contributed by atoms with E-state index in [0.717, 1.165) is 5.56 Å². The molecular weight excluding hydrogens is 398 g/mol. The normalized spacial score (nSPS) is 12.2. The fraction of sp³-hybridized carbons (Fsp3) is 0.0952. The number of ether oxygens (including phenoxy) is 1. The number of hydrogen-bond acceptors (Lipinski definition) is 4. The van der Waals surface area contributed by atoms with Gasteiger partial charge in [0.1, 0.15) is 0 Å². The summed E-state index contributed by atoms with van der Waals surface area (Å²) in [5.41, 5.74) is 2.28. The second-order valence-corrected chi connectivity index (χ2v) is 8.28. The Morgan fingerprint density at radius 3 is 2.07 bits per heavy atom. The van der Waals surface area contributed by atoms with Gasteiger partial charge in [0.15, 0.2) is 6.10 Å². The van der Waals surface area contributed by atoms with Gasteiger partial charge in [-0.1, -0.05) is 71.8 Å². The molecule has 0 saturated carbocycles. The predicted octanol–water partition coefficient (Wildman–Crippen LogP) is 4.85. The largest absolute Gasteiger partial charge is 0.436 e. The highest BCUT2D eigenvalue weighted by atomic mass is 35.5. The van der Waals surface area contributed by atoms with Gasteiger partial charge < -0.3 is 4.74 Å². The van der Waals surface area contributed by atoms with E-state index in [2.05, 4.69) is 0 Å². The van der Waals surface area contributed by atoms with Crippen molar-refractivity contribution in [1.29, 1.82) is 0 Å². The van der Waals surface area contributed by atoms with Gasteiger partial charge in [0.2, 0.25) is 0 Å². The maximum Gasteiger partial charge on any atom is 0.422 e. The number of benzene rings is 3. The van der Waals surface area contributed by atoms with Crippen molar-refractivity contribution in [3.63, 3.8) is 0 Å². The number of aryl methyl sites for hydroxylation is 1. The minimum absolute atomic E-state index is 0.0159. The number of carbonyl (C=O) groups excluding carboxylic acids is 1. The number of rotatable bonds is 5. The Hall–Kier alpha value is -2.83. The lowest BCUT2D eigenvalue weighted by atomic mass is 10.0. The zero-order chi connectivity index (χ0) is 20.1. The summed E-state index contributed by atoms with van der Waals surface area (Å²) in [6, 6.07) is 22.0. The summed E-state index contributed by atoms with van der Waals surface area (Å²) in [6.45, 7) is 1.84. The molecule has 0 spiro atoms. The lowest BCUT2D eigenvalue weighted by molar-refractivity contribution is 0.122. The zero-order valence-corrected chi connectivity index (χ0v) is 16.6. The van der Waals surface area contributed by atoms with Crippen molar-refractivity contribution in [2.24, 2.45) is 0 Å². The maximum atomic E-state index is 12.4. The van der Waals surface area contributed by atoms with Crippen molar-refractivity contribution in [1.82, 2.24) is 4.72 Å². The highest BCUT2D eigenvalue weighted by Gasteiger charge is 2.23. The van der Waals surface area contributed by atoms with Crippen molar-refractivity contribution in [3.05, 3.63) is 101 Å². The molecule has 1 N–H and O–H groups in total. The topological polar surface area (TPSA) is 72.5 Å². The number of sulfonamides is 1. The van der Waals surface area contributed by atoms with Gasteiger partial charge in [0.25, 0.3) is 10.0 Å². The molecule has 7 heteroatoms. The number of nitrogens with one attached hydrogen (secondary N) is 1. The first-order valence-corrected chi connectivity index (χ1v) is 10.3. The summed E-state index contributed by atoms with van der Waals surface area (Å²) in [4.78, 5) is 12.4. The molecule has 1 atom stereocenters. The Bertz CT molecular complexity index is 1050. The van der Waals surface area contributed by atoms with Crippen LogP contribution in [0.1, 0.15) is 22.8 Å². The minimum atomic E-state index is -4.04. The van der Waals surface area contributed by atoms with Crippen LogP contribution in [0.4, 0.5) is 4.79 Å². The van der Waals surface area contributed by atoms with E-state index < -0.39 is 22.2 Å². The van der Waals surface area contributed by atoms with Gasteiger partial charge in [0, 0.05) is 5.02 Å². The smallest absolute Gasteiger partial charge is 0.422 e. The molecule has 0 aliphatic rings. The summed E-state index contributed by atoms with van der Waals surface area (Å²) >= 11 is 5.93. The Morgan fingerprint density at radius 2 is 1.46 bits per heavy atom. The SMILES string of the molecule is Cc1ccc(S(=O)(=O)NC(=O)OC(c2ccccc2)c2ccc(Cl)cc2)cc1. The highest BCUT2D eigenvalue weighted by Crippen LogP contribution is 2.27. The van der Waals surface area contributed by atoms with Gasteiger partial charge in [-0.3, -0.25) is 0 Å². The molecule has 3 aromatic rings. The van der Waals surface area contributed by atoms with Crippen LogP contribution in [-0.4, -0.2) is 14.5 Å². The van der Waals surface area contributed by atoms with Crippen LogP contribution in [0.3, 0.4) is 0 Å². The molecule has 0 saturated heterocycles. The molecule has 0 bridgehead atoms. The van der Waals surface area contributed by atoms with Crippen molar-refractivity contribution in [3.8, 4) is 0 Å². The average molecular weight is 416 g/mol. The molecule has 0 aliphatic heterocycles. The fourth-order valence-electron chi connectivity index (χ4n) is 2.61. The molecule has 0 radical (unpaired) electrons. The van der Waals surface area contributed by atoms with Crippen LogP contribution in [0, 0.1) is 6.92 Å². The van der Waals surface area contributed by atoms with Crippen molar-refractivity contribution in [2.45, 2.75) is 17.9 Å². The predicted molar refractivity (Wildman–Crippen MR) is 108 cm³/mol. The third-order valence-electron chi connectivity index (χ3n) is 4.05. The molecule has 0 aromatic heterocycles. The fourth-order valence-corrected chi connectivity index (χ4v) is 3.62. The lowest BCUT2D eigenvalue weighted by Crippen LogP contribution is -2.32. The number of halogens is 1. The van der Waals surface area contributed by atoms with Gasteiger partial charge in [-0.05, 0) is 42.3 Å². The Kier molecular flexibility index (Phi) is 6.02. The average Bonchev–Trinajstić information content (AvgIpc) is 2.67. The first kappa shape index (κ1) is 19.9. The zero-order valence-electron chi connectivity index (χ0n) is 15.0. The van der Waals surface area contributed by atoms with E-state index in [9.17, 15) is 13.2 Å². The summed E-state index contributed by atoms with van der Waals surface area (Å²) in [6.07, 6.45) is -1.85. The van der Waals surface area contributed by atoms with Crippen molar-refractivity contribution < 1.29 is 17.9 Å². The van der Waals surface area contributed by atoms with E-state index in [1.165, 1.54) is 12.1 Å². The minimum Gasteiger partial charge on any atom is -0.436 e. The van der Waals surface area contributed by atoms with Crippen LogP contribution in [0.25, 0.3) is 0 Å². The van der Waals surface area contributed by atoms with E-state index in [-0.39, 0.29) is 4.90 Å². The van der Waals surface area contributed by atoms with E-state index in [4.69, 9.17) is 16.3 Å². The molecule has 28 heavy (non-hydrogen) atoms. The molecule has 1 amide bonds. The van der Waals surface area contributed by atoms with E-state index in [0.29, 0.717) is 16.1 Å². The molecule has 3 rings (SSSR count). The van der Waals surface area contributed by atoms with Crippen LogP contribution in [-0.2, 0) is 14.8 Å². The summed E-state index contributed by atoms with van der Waals surface area (Å²) in [5, 5.41) is 0.543. The first-order valence-electron chi connectivity index (χ1n) is 8.46. The quantitative estimate of drug-likeness (QED) is 0.646. The molecule has 0 aliphatic carbocycles. The molecule has 144 valence electrons. The molecule has 3 aromatic carbocycles. The summed E-state index contributed by atoms with van der Waals surface area (Å²) < 4.78 is 32.3. The number of hydrogen-bond donors (Lipinski definition) is 1. The summed E-state index contributed by atoms with van der Waals surface area (Å²) in [5.74, 6) is 0. The van der Waals surface area contributed by atoms with Gasteiger partial charge in [0.05, 0.1) is 4.90 Å². The highest BCUT2D eigenvalue weighted by molar-refractivity contribution is 7.90. The first-order chi connectivity index (χ1) is 13.3. The number of amides is 1. The molecule has 1 unspecified atom stereocenters. The van der Waals surface area contributed by atoms with E-state index in [1.807, 2.05) is 29.8 Å². The molecule has 5 nitrogen and oxygen atoms in total. The van der Waals surface area contributed by atoms with Crippen LogP contribution in [0.2, 0.25) is 5.02 Å². The molecule has 0 heterocycles. The van der Waals surface area contributed by atoms with E-state index >= 15 is 0 Å². The van der Waals surface area contributed by atoms with Crippen molar-refractivity contribution in [2.75, 3.05) is 0 Å². The summed E-state index contributed by atoms with van der Waals surface area (Å²) in [7, 11) is -4.04. The Balaban J connectivity index is 1.83. The molecular formula is C21H18ClNO4S. The third kappa shape index (κ3) is 4.91. The number of carbonyl (C=O) groups is 1. The lowest BCUT2D eigenvalue weighted by Gasteiger charge is -2.19. The second-order valence-electron chi connectivity index (χ2n) is 6.17. The third-order valence-corrected chi connectivity index (χ3v) is 5.63. The second kappa shape index (κ2) is 8.46. The maximum absolute atomic E-state index is 12.4. The van der Waals surface area contributed by atoms with Gasteiger partial charge in [-0.15, -0.1) is 0 Å². The van der Waals surface area contributed by atoms with E-state index in [1.54, 1.807) is 48.5 Å². The standard InChI is InChI=1S/C21H18ClNO4S/c1-15-7-13-19(14-8-15)28(25,26)23-21(24)27-20(16-5-3-2-4-6-16)17-9-11-18(22)12-10-17/h2-14,20H,1H3,(H,23,24). The Labute approximate surface area is 169 Å². The van der Waals surface area contributed by atoms with Crippen LogP contribution < -0.4 is 4.72 Å². The van der Waals surface area contributed by atoms with Gasteiger partial charge in [-0.2, -0.15) is 0 Å². The Morgan fingerprint density at radius 1 is 0.893 bits per heavy atom. The van der Waals surface area contributed by atoms with Crippen molar-refractivity contribution >= 4 is 27.7 Å².